The minimum absolute atomic E-state index is 0.0824. The molecule has 4 rings (SSSR count). The first-order valence-electron chi connectivity index (χ1n) is 18.2. The van der Waals surface area contributed by atoms with Gasteiger partial charge in [0.05, 0.1) is 36.6 Å². The second-order valence-electron chi connectivity index (χ2n) is 16.2. The molecular formula is C40H59N3O7. The average Bonchev–Trinajstić information content (AvgIpc) is 3.71. The van der Waals surface area contributed by atoms with Gasteiger partial charge >= 0.3 is 5.97 Å². The maximum absolute atomic E-state index is 15.1. The molecular weight excluding hydrogens is 634 g/mol. The van der Waals surface area contributed by atoms with E-state index < -0.39 is 53.2 Å². The van der Waals surface area contributed by atoms with Gasteiger partial charge < -0.3 is 29.7 Å². The van der Waals surface area contributed by atoms with Gasteiger partial charge in [0, 0.05) is 18.5 Å². The van der Waals surface area contributed by atoms with E-state index in [0.717, 1.165) is 5.56 Å². The third kappa shape index (κ3) is 7.86. The monoisotopic (exact) mass is 693 g/mol. The Morgan fingerprint density at radius 2 is 1.84 bits per heavy atom. The van der Waals surface area contributed by atoms with Crippen LogP contribution in [-0.4, -0.2) is 87.7 Å². The summed E-state index contributed by atoms with van der Waals surface area (Å²) in [7, 11) is 0. The van der Waals surface area contributed by atoms with Crippen LogP contribution in [0.2, 0.25) is 0 Å². The second kappa shape index (κ2) is 15.8. The number of nitrogens with one attached hydrogen (secondary N) is 1. The van der Waals surface area contributed by atoms with Crippen LogP contribution in [0.25, 0.3) is 0 Å². The number of hydrogen-bond donors (Lipinski definition) is 2. The number of fused-ring (bicyclic) bond motifs is 1. The van der Waals surface area contributed by atoms with E-state index in [2.05, 4.69) is 39.2 Å². The molecule has 0 radical (unpaired) electrons. The maximum Gasteiger partial charge on any atom is 0.306 e. The summed E-state index contributed by atoms with van der Waals surface area (Å²) in [6, 6.07) is 6.93. The van der Waals surface area contributed by atoms with Crippen molar-refractivity contribution in [2.45, 2.75) is 122 Å². The van der Waals surface area contributed by atoms with Crippen LogP contribution in [0.3, 0.4) is 0 Å². The second-order valence-corrected chi connectivity index (χ2v) is 16.2. The first-order valence-corrected chi connectivity index (χ1v) is 18.2. The van der Waals surface area contributed by atoms with Crippen molar-refractivity contribution in [1.82, 2.24) is 15.1 Å². The Labute approximate surface area is 298 Å². The van der Waals surface area contributed by atoms with E-state index in [1.165, 1.54) is 0 Å². The number of hydrogen-bond acceptors (Lipinski definition) is 7. The molecule has 0 unspecified atom stereocenters. The Hall–Kier alpha value is -3.50. The molecule has 3 amide bonds. The molecule has 0 aliphatic carbocycles. The molecule has 0 aromatic heterocycles. The molecule has 8 atom stereocenters. The topological polar surface area (TPSA) is 125 Å². The Morgan fingerprint density at radius 3 is 2.42 bits per heavy atom. The number of esters is 1. The molecule has 10 heteroatoms. The van der Waals surface area contributed by atoms with E-state index in [-0.39, 0.29) is 55.2 Å². The summed E-state index contributed by atoms with van der Waals surface area (Å²) in [5.74, 6) is -3.30. The van der Waals surface area contributed by atoms with Crippen molar-refractivity contribution in [3.8, 4) is 0 Å². The molecule has 50 heavy (non-hydrogen) atoms. The van der Waals surface area contributed by atoms with Crippen molar-refractivity contribution in [2.24, 2.45) is 23.2 Å². The molecule has 3 aliphatic rings. The number of carbonyl (C=O) groups is 4. The highest BCUT2D eigenvalue weighted by molar-refractivity contribution is 5.99. The van der Waals surface area contributed by atoms with Crippen molar-refractivity contribution in [2.75, 3.05) is 19.8 Å². The summed E-state index contributed by atoms with van der Waals surface area (Å²) in [4.78, 5) is 60.2. The summed E-state index contributed by atoms with van der Waals surface area (Å²) < 4.78 is 12.3. The Morgan fingerprint density at radius 1 is 1.16 bits per heavy atom. The number of amides is 3. The van der Waals surface area contributed by atoms with Crippen LogP contribution >= 0.6 is 0 Å². The van der Waals surface area contributed by atoms with Gasteiger partial charge in [0.1, 0.15) is 18.2 Å². The van der Waals surface area contributed by atoms with Crippen molar-refractivity contribution in [3.05, 3.63) is 61.2 Å². The fraction of sp³-hybridized carbons (Fsp3) is 0.650. The van der Waals surface area contributed by atoms with Gasteiger partial charge in [-0.25, -0.2) is 0 Å². The number of ether oxygens (including phenoxy) is 2. The van der Waals surface area contributed by atoms with Gasteiger partial charge in [-0.05, 0) is 56.4 Å². The zero-order valence-electron chi connectivity index (χ0n) is 31.2. The van der Waals surface area contributed by atoms with Gasteiger partial charge in [-0.15, -0.1) is 13.2 Å². The van der Waals surface area contributed by atoms with Crippen LogP contribution in [0.4, 0.5) is 0 Å². The van der Waals surface area contributed by atoms with Gasteiger partial charge in [0.25, 0.3) is 0 Å². The van der Waals surface area contributed by atoms with Gasteiger partial charge in [0.15, 0.2) is 0 Å². The summed E-state index contributed by atoms with van der Waals surface area (Å²) >= 11 is 0. The Kier molecular flexibility index (Phi) is 12.4. The lowest BCUT2D eigenvalue weighted by molar-refractivity contribution is -0.156. The number of aliphatic hydroxyl groups excluding tert-OH is 1. The highest BCUT2D eigenvalue weighted by atomic mass is 16.5. The summed E-state index contributed by atoms with van der Waals surface area (Å²) in [5.41, 5.74) is -1.18. The number of nitrogens with zero attached hydrogens (tertiary/aromatic N) is 2. The summed E-state index contributed by atoms with van der Waals surface area (Å²) in [5, 5.41) is 13.9. The van der Waals surface area contributed by atoms with E-state index in [1.807, 2.05) is 58.0 Å². The third-order valence-corrected chi connectivity index (χ3v) is 10.9. The quantitative estimate of drug-likeness (QED) is 0.166. The van der Waals surface area contributed by atoms with Gasteiger partial charge in [0.2, 0.25) is 17.7 Å². The average molecular weight is 694 g/mol. The lowest BCUT2D eigenvalue weighted by atomic mass is 9.70. The molecule has 10 nitrogen and oxygen atoms in total. The molecule has 3 fully saturated rings. The number of aliphatic hydroxyl groups is 1. The van der Waals surface area contributed by atoms with E-state index in [9.17, 15) is 19.5 Å². The number of likely N-dealkylation sites (tertiary alicyclic amines) is 1. The molecule has 1 aromatic rings. The van der Waals surface area contributed by atoms with Crippen molar-refractivity contribution < 1.29 is 33.8 Å². The molecule has 2 bridgehead atoms. The fourth-order valence-electron chi connectivity index (χ4n) is 8.79. The number of benzene rings is 1. The third-order valence-electron chi connectivity index (χ3n) is 10.9. The first-order chi connectivity index (χ1) is 23.6. The van der Waals surface area contributed by atoms with E-state index in [4.69, 9.17) is 9.47 Å². The highest BCUT2D eigenvalue weighted by Crippen LogP contribution is 2.59. The highest BCUT2D eigenvalue weighted by Gasteiger charge is 2.75. The number of allylic oxidation sites excluding steroid dienone is 1. The van der Waals surface area contributed by atoms with Crippen LogP contribution in [0.15, 0.2) is 55.6 Å². The van der Waals surface area contributed by atoms with Gasteiger partial charge in [-0.2, -0.15) is 0 Å². The van der Waals surface area contributed by atoms with Gasteiger partial charge in [-0.3, -0.25) is 19.2 Å². The van der Waals surface area contributed by atoms with Crippen LogP contribution in [-0.2, 0) is 28.7 Å². The summed E-state index contributed by atoms with van der Waals surface area (Å²) in [6.07, 6.45) is 5.75. The van der Waals surface area contributed by atoms with E-state index >= 15 is 4.79 Å². The van der Waals surface area contributed by atoms with Gasteiger partial charge in [-0.1, -0.05) is 83.5 Å². The standard InChI is InChI=1S/C40H59N3O7/c1-10-13-19-31(45)49-24-28(27-17-15-14-16-18-27)41-35(46)32-30-20-21-40(50-30)33(32)36(47)43(29(23-44)26(4)12-3)34(40)37(48)42(22-11-2)39(8,9)25-38(5,6)7/h10-11,14-18,26,28-30,32-34,44H,1-2,12-13,19-25H2,3-9H3,(H,41,46)/t26-,28-,29-,30-,32+,33+,34-,40+/m0/s1. The SMILES string of the molecule is C=CCCC(=O)OC[C@H](NC(=O)[C@@H]1[C@@H]2CC[C@]3(O2)[C@H](C(=O)N(CC=C)C(C)(C)CC(C)(C)C)N([C@@H](CO)[C@@H](C)CC)C(=O)[C@@H]13)c1ccccc1. The molecule has 2 N–H and O–H groups in total. The maximum atomic E-state index is 15.1. The fourth-order valence-corrected chi connectivity index (χ4v) is 8.79. The molecule has 3 heterocycles. The van der Waals surface area contributed by atoms with Crippen molar-refractivity contribution in [1.29, 1.82) is 0 Å². The van der Waals surface area contributed by atoms with E-state index in [1.54, 1.807) is 22.0 Å². The minimum Gasteiger partial charge on any atom is -0.463 e. The van der Waals surface area contributed by atoms with Crippen LogP contribution in [0.5, 0.6) is 0 Å². The van der Waals surface area contributed by atoms with Crippen molar-refractivity contribution >= 4 is 23.7 Å². The zero-order valence-corrected chi connectivity index (χ0v) is 31.2. The number of carbonyl (C=O) groups excluding carboxylic acids is 4. The summed E-state index contributed by atoms with van der Waals surface area (Å²) in [6.45, 7) is 21.9. The first kappa shape index (κ1) is 39.3. The van der Waals surface area contributed by atoms with Crippen LogP contribution < -0.4 is 5.32 Å². The predicted molar refractivity (Wildman–Crippen MR) is 193 cm³/mol. The number of rotatable bonds is 17. The zero-order chi connectivity index (χ0) is 37.0. The molecule has 1 spiro atoms. The van der Waals surface area contributed by atoms with E-state index in [0.29, 0.717) is 32.1 Å². The Balaban J connectivity index is 1.74. The molecule has 3 saturated heterocycles. The Bertz CT molecular complexity index is 1410. The molecule has 0 saturated carbocycles. The minimum atomic E-state index is -1.24. The molecule has 3 aliphatic heterocycles. The smallest absolute Gasteiger partial charge is 0.306 e. The largest absolute Gasteiger partial charge is 0.463 e. The van der Waals surface area contributed by atoms with Crippen LogP contribution in [0.1, 0.15) is 98.6 Å². The normalized spacial score (nSPS) is 26.2. The molecule has 1 aromatic carbocycles. The van der Waals surface area contributed by atoms with Crippen molar-refractivity contribution in [3.63, 3.8) is 0 Å². The molecule has 276 valence electrons. The van der Waals surface area contributed by atoms with Crippen LogP contribution in [0, 0.1) is 23.2 Å². The predicted octanol–water partition coefficient (Wildman–Crippen LogP) is 5.36. The lowest BCUT2D eigenvalue weighted by Gasteiger charge is -2.47. The lowest BCUT2D eigenvalue weighted by Crippen LogP contribution is -2.63.